The molecule has 0 aliphatic rings. The Morgan fingerprint density at radius 3 is 2.87 bits per heavy atom. The highest BCUT2D eigenvalue weighted by Crippen LogP contribution is 2.26. The number of halogens is 2. The van der Waals surface area contributed by atoms with Crippen molar-refractivity contribution in [2.45, 2.75) is 6.42 Å². The first-order chi connectivity index (χ1) is 7.17. The predicted molar refractivity (Wildman–Crippen MR) is 62.0 cm³/mol. The fraction of sp³-hybridized carbons (Fsp3) is 0.300. The van der Waals surface area contributed by atoms with Crippen LogP contribution in [0.4, 0.5) is 5.69 Å². The highest BCUT2D eigenvalue weighted by atomic mass is 35.5. The van der Waals surface area contributed by atoms with E-state index in [2.05, 4.69) is 5.32 Å². The van der Waals surface area contributed by atoms with E-state index in [0.717, 1.165) is 0 Å². The molecule has 0 aliphatic carbocycles. The van der Waals surface area contributed by atoms with Gasteiger partial charge in [0.05, 0.1) is 17.8 Å². The topological polar surface area (TPSA) is 38.3 Å². The number of alkyl halides is 1. The number of anilines is 1. The van der Waals surface area contributed by atoms with Crippen molar-refractivity contribution in [3.8, 4) is 5.75 Å². The minimum Gasteiger partial charge on any atom is -0.497 e. The van der Waals surface area contributed by atoms with E-state index in [1.807, 2.05) is 0 Å². The number of carbonyl (C=O) groups excluding carboxylic acids is 1. The first kappa shape index (κ1) is 12.1. The molecule has 15 heavy (non-hydrogen) atoms. The zero-order valence-electron chi connectivity index (χ0n) is 8.22. The van der Waals surface area contributed by atoms with Crippen LogP contribution >= 0.6 is 23.2 Å². The molecule has 0 bridgehead atoms. The van der Waals surface area contributed by atoms with Gasteiger partial charge in [0.1, 0.15) is 5.75 Å². The second-order valence-corrected chi connectivity index (χ2v) is 3.62. The first-order valence-electron chi connectivity index (χ1n) is 4.36. The molecular weight excluding hydrogens is 237 g/mol. The Balaban J connectivity index is 2.79. The van der Waals surface area contributed by atoms with Crippen LogP contribution in [-0.2, 0) is 4.79 Å². The number of carbonyl (C=O) groups is 1. The Hall–Kier alpha value is -0.930. The maximum Gasteiger partial charge on any atom is 0.225 e. The van der Waals surface area contributed by atoms with Gasteiger partial charge in [-0.2, -0.15) is 0 Å². The zero-order valence-corrected chi connectivity index (χ0v) is 9.73. The summed E-state index contributed by atoms with van der Waals surface area (Å²) in [5, 5.41) is 3.12. The Labute approximate surface area is 98.3 Å². The molecule has 0 heterocycles. The molecule has 1 aromatic carbocycles. The number of rotatable bonds is 4. The average Bonchev–Trinajstić information content (AvgIpc) is 2.21. The lowest BCUT2D eigenvalue weighted by molar-refractivity contribution is -0.115. The highest BCUT2D eigenvalue weighted by Gasteiger charge is 2.06. The van der Waals surface area contributed by atoms with Gasteiger partial charge in [0.2, 0.25) is 5.91 Å². The molecular formula is C10H11Cl2NO2. The molecule has 1 rings (SSSR count). The number of benzene rings is 1. The van der Waals surface area contributed by atoms with E-state index < -0.39 is 0 Å². The smallest absolute Gasteiger partial charge is 0.225 e. The summed E-state index contributed by atoms with van der Waals surface area (Å²) in [7, 11) is 1.55. The van der Waals surface area contributed by atoms with Crippen LogP contribution in [0.3, 0.4) is 0 Å². The van der Waals surface area contributed by atoms with E-state index in [0.29, 0.717) is 16.5 Å². The second kappa shape index (κ2) is 5.83. The molecule has 0 fully saturated rings. The molecule has 3 nitrogen and oxygen atoms in total. The van der Waals surface area contributed by atoms with Crippen molar-refractivity contribution in [2.24, 2.45) is 0 Å². The Morgan fingerprint density at radius 1 is 1.53 bits per heavy atom. The summed E-state index contributed by atoms with van der Waals surface area (Å²) in [5.41, 5.74) is 0.533. The van der Waals surface area contributed by atoms with E-state index in [4.69, 9.17) is 27.9 Å². The molecule has 82 valence electrons. The predicted octanol–water partition coefficient (Wildman–Crippen LogP) is 2.92. The monoisotopic (exact) mass is 247 g/mol. The summed E-state index contributed by atoms with van der Waals surface area (Å²) in [6.07, 6.45) is 0.259. The van der Waals surface area contributed by atoms with Crippen LogP contribution in [-0.4, -0.2) is 18.9 Å². The molecule has 1 aromatic rings. The number of hydrogen-bond acceptors (Lipinski definition) is 2. The zero-order chi connectivity index (χ0) is 11.3. The average molecular weight is 248 g/mol. The van der Waals surface area contributed by atoms with Crippen LogP contribution < -0.4 is 10.1 Å². The highest BCUT2D eigenvalue weighted by molar-refractivity contribution is 6.33. The molecule has 0 saturated carbocycles. The second-order valence-electron chi connectivity index (χ2n) is 2.83. The van der Waals surface area contributed by atoms with Crippen LogP contribution in [0.5, 0.6) is 5.75 Å². The van der Waals surface area contributed by atoms with Crippen LogP contribution in [0, 0.1) is 0 Å². The fourth-order valence-corrected chi connectivity index (χ4v) is 1.36. The van der Waals surface area contributed by atoms with Crippen molar-refractivity contribution in [2.75, 3.05) is 18.3 Å². The van der Waals surface area contributed by atoms with Crippen molar-refractivity contribution in [1.82, 2.24) is 0 Å². The van der Waals surface area contributed by atoms with E-state index in [1.54, 1.807) is 25.3 Å². The normalized spacial score (nSPS) is 9.80. The van der Waals surface area contributed by atoms with Crippen LogP contribution in [0.15, 0.2) is 18.2 Å². The van der Waals surface area contributed by atoms with Crippen LogP contribution in [0.25, 0.3) is 0 Å². The largest absolute Gasteiger partial charge is 0.497 e. The van der Waals surface area contributed by atoms with Gasteiger partial charge in [0.15, 0.2) is 0 Å². The van der Waals surface area contributed by atoms with E-state index in [1.165, 1.54) is 0 Å². The SMILES string of the molecule is COc1ccc(Cl)c(NC(=O)CCCl)c1. The molecule has 0 aromatic heterocycles. The molecule has 5 heteroatoms. The number of hydrogen-bond donors (Lipinski definition) is 1. The van der Waals surface area contributed by atoms with Gasteiger partial charge in [-0.15, -0.1) is 11.6 Å². The molecule has 0 atom stereocenters. The molecule has 0 saturated heterocycles. The van der Waals surface area contributed by atoms with Gasteiger partial charge in [-0.05, 0) is 12.1 Å². The third-order valence-electron chi connectivity index (χ3n) is 1.77. The van der Waals surface area contributed by atoms with Gasteiger partial charge in [0.25, 0.3) is 0 Å². The van der Waals surface area contributed by atoms with Gasteiger partial charge in [-0.1, -0.05) is 11.6 Å². The van der Waals surface area contributed by atoms with E-state index >= 15 is 0 Å². The first-order valence-corrected chi connectivity index (χ1v) is 5.28. The van der Waals surface area contributed by atoms with Gasteiger partial charge in [0, 0.05) is 18.4 Å². The molecule has 0 aliphatic heterocycles. The van der Waals surface area contributed by atoms with Crippen molar-refractivity contribution < 1.29 is 9.53 Å². The standard InChI is InChI=1S/C10H11Cl2NO2/c1-15-7-2-3-8(12)9(6-7)13-10(14)4-5-11/h2-3,6H,4-5H2,1H3,(H,13,14). The van der Waals surface area contributed by atoms with Crippen LogP contribution in [0.1, 0.15) is 6.42 Å². The Morgan fingerprint density at radius 2 is 2.27 bits per heavy atom. The van der Waals surface area contributed by atoms with E-state index in [9.17, 15) is 4.79 Å². The number of ether oxygens (including phenoxy) is 1. The lowest BCUT2D eigenvalue weighted by atomic mass is 10.3. The van der Waals surface area contributed by atoms with Gasteiger partial charge >= 0.3 is 0 Å². The van der Waals surface area contributed by atoms with Gasteiger partial charge in [-0.25, -0.2) is 0 Å². The molecule has 0 radical (unpaired) electrons. The summed E-state index contributed by atoms with van der Waals surface area (Å²) < 4.78 is 5.02. The summed E-state index contributed by atoms with van der Waals surface area (Å²) in [6.45, 7) is 0. The Kier molecular flexibility index (Phi) is 4.72. The minimum absolute atomic E-state index is 0.167. The summed E-state index contributed by atoms with van der Waals surface area (Å²) >= 11 is 11.3. The fourth-order valence-electron chi connectivity index (χ4n) is 1.03. The number of methoxy groups -OCH3 is 1. The van der Waals surface area contributed by atoms with Crippen LogP contribution in [0.2, 0.25) is 5.02 Å². The number of nitrogens with one attached hydrogen (secondary N) is 1. The Bertz CT molecular complexity index is 355. The van der Waals surface area contributed by atoms with Gasteiger partial charge < -0.3 is 10.1 Å². The maximum atomic E-state index is 11.3. The van der Waals surface area contributed by atoms with Crippen molar-refractivity contribution in [1.29, 1.82) is 0 Å². The minimum atomic E-state index is -0.167. The van der Waals surface area contributed by atoms with Crippen molar-refractivity contribution >= 4 is 34.8 Å². The third kappa shape index (κ3) is 3.61. The third-order valence-corrected chi connectivity index (χ3v) is 2.29. The number of amides is 1. The molecule has 0 spiro atoms. The molecule has 1 N–H and O–H groups in total. The molecule has 0 unspecified atom stereocenters. The van der Waals surface area contributed by atoms with E-state index in [-0.39, 0.29) is 18.2 Å². The quantitative estimate of drug-likeness (QED) is 0.832. The maximum absolute atomic E-state index is 11.3. The van der Waals surface area contributed by atoms with Crippen molar-refractivity contribution in [3.05, 3.63) is 23.2 Å². The summed E-state index contributed by atoms with van der Waals surface area (Å²) in [4.78, 5) is 11.3. The van der Waals surface area contributed by atoms with Crippen molar-refractivity contribution in [3.63, 3.8) is 0 Å². The summed E-state index contributed by atoms with van der Waals surface area (Å²) in [5.74, 6) is 0.758. The lowest BCUT2D eigenvalue weighted by Crippen LogP contribution is -2.12. The lowest BCUT2D eigenvalue weighted by Gasteiger charge is -2.08. The van der Waals surface area contributed by atoms with Gasteiger partial charge in [-0.3, -0.25) is 4.79 Å². The summed E-state index contributed by atoms with van der Waals surface area (Å²) in [6, 6.07) is 5.05. The molecule has 1 amide bonds.